The zero-order valence-electron chi connectivity index (χ0n) is 25.1. The summed E-state index contributed by atoms with van der Waals surface area (Å²) in [5.41, 5.74) is -1.76. The molecule has 2 aromatic rings. The number of fused-ring (bicyclic) bond motifs is 5. The maximum atomic E-state index is 14.0. The number of rotatable bonds is 6. The van der Waals surface area contributed by atoms with Crippen molar-refractivity contribution in [3.63, 3.8) is 0 Å². The van der Waals surface area contributed by atoms with Gasteiger partial charge in [0, 0.05) is 10.8 Å². The first-order valence-corrected chi connectivity index (χ1v) is 16.0. The lowest BCUT2D eigenvalue weighted by molar-refractivity contribution is -0.178. The van der Waals surface area contributed by atoms with Crippen LogP contribution in [0.5, 0.6) is 0 Å². The van der Waals surface area contributed by atoms with Crippen molar-refractivity contribution in [2.45, 2.75) is 62.5 Å². The Balaban J connectivity index is 1.38. The monoisotopic (exact) mass is 660 g/mol. The summed E-state index contributed by atoms with van der Waals surface area (Å²) in [5, 5.41) is 12.5. The van der Waals surface area contributed by atoms with E-state index in [1.807, 2.05) is 26.0 Å². The Morgan fingerprint density at radius 2 is 1.57 bits per heavy atom. The molecule has 1 N–H and O–H groups in total. The molecule has 3 fully saturated rings. The number of hydrogen-bond donors (Lipinski definition) is 1. The lowest BCUT2D eigenvalue weighted by Gasteiger charge is -2.64. The fourth-order valence-corrected chi connectivity index (χ4v) is 10.1. The van der Waals surface area contributed by atoms with Gasteiger partial charge in [0.2, 0.25) is 5.78 Å². The average molecular weight is 662 g/mol. The number of ether oxygens (including phenoxy) is 2. The molecule has 4 aliphatic rings. The molecule has 8 atom stereocenters. The second kappa shape index (κ2) is 10.9. The van der Waals surface area contributed by atoms with Crippen molar-refractivity contribution < 1.29 is 33.8 Å². The van der Waals surface area contributed by atoms with Crippen LogP contribution in [0, 0.1) is 28.6 Å². The molecule has 0 bridgehead atoms. The quantitative estimate of drug-likeness (QED) is 0.297. The van der Waals surface area contributed by atoms with Crippen LogP contribution in [0.1, 0.15) is 67.2 Å². The Labute approximate surface area is 265 Å². The highest BCUT2D eigenvalue weighted by Crippen LogP contribution is 2.72. The summed E-state index contributed by atoms with van der Waals surface area (Å²) in [6.45, 7) is 5.30. The summed E-state index contributed by atoms with van der Waals surface area (Å²) in [6, 6.07) is 17.2. The third kappa shape index (κ3) is 4.39. The summed E-state index contributed by atoms with van der Waals surface area (Å²) < 4.78 is 11.0. The predicted octanol–water partition coefficient (Wildman–Crippen LogP) is 6.05. The van der Waals surface area contributed by atoms with E-state index in [9.17, 15) is 24.3 Å². The van der Waals surface area contributed by atoms with Crippen LogP contribution in [0.15, 0.2) is 84.5 Å². The van der Waals surface area contributed by atoms with Gasteiger partial charge in [0.25, 0.3) is 0 Å². The average Bonchev–Trinajstić information content (AvgIpc) is 3.22. The topological polar surface area (TPSA) is 107 Å². The molecule has 0 aliphatic heterocycles. The Morgan fingerprint density at radius 1 is 0.955 bits per heavy atom. The Morgan fingerprint density at radius 3 is 2.20 bits per heavy atom. The number of carbonyl (C=O) groups is 4. The molecule has 44 heavy (non-hydrogen) atoms. The van der Waals surface area contributed by atoms with Crippen LogP contribution in [0.25, 0.3) is 0 Å². The first-order chi connectivity index (χ1) is 20.9. The third-order valence-corrected chi connectivity index (χ3v) is 13.1. The summed E-state index contributed by atoms with van der Waals surface area (Å²) in [5.74, 6) is -2.41. The van der Waals surface area contributed by atoms with Gasteiger partial charge >= 0.3 is 11.9 Å². The number of alkyl halides is 1. The molecular formula is C36H37BrO7. The molecule has 0 amide bonds. The first-order valence-electron chi connectivity index (χ1n) is 15.2. The number of carbonyl (C=O) groups excluding carboxylic acids is 4. The first kappa shape index (κ1) is 30.7. The van der Waals surface area contributed by atoms with E-state index in [4.69, 9.17) is 9.47 Å². The van der Waals surface area contributed by atoms with Crippen molar-refractivity contribution in [3.05, 3.63) is 95.6 Å². The highest BCUT2D eigenvalue weighted by atomic mass is 79.9. The van der Waals surface area contributed by atoms with E-state index in [1.165, 1.54) is 0 Å². The SMILES string of the molecule is CC1C[C@H]2[C@@H]3CCC4=CC(=O)C=C[C@]4(C)[C@@]3(Br)[C@H](OC(=O)c3ccccc3)C[C@]2(C)[C@@]1(O)C(=O)COC(=O)c1ccccc1. The van der Waals surface area contributed by atoms with E-state index in [-0.39, 0.29) is 24.0 Å². The molecule has 8 heteroatoms. The van der Waals surface area contributed by atoms with Crippen molar-refractivity contribution in [1.82, 2.24) is 0 Å². The number of hydrogen-bond acceptors (Lipinski definition) is 7. The van der Waals surface area contributed by atoms with Crippen molar-refractivity contribution in [1.29, 1.82) is 0 Å². The molecule has 0 saturated heterocycles. The minimum Gasteiger partial charge on any atom is -0.457 e. The zero-order chi connectivity index (χ0) is 31.5. The van der Waals surface area contributed by atoms with Gasteiger partial charge in [0.05, 0.1) is 15.5 Å². The molecule has 3 saturated carbocycles. The molecule has 2 aromatic carbocycles. The number of benzene rings is 2. The normalized spacial score (nSPS) is 37.2. The maximum Gasteiger partial charge on any atom is 0.338 e. The third-order valence-electron chi connectivity index (χ3n) is 11.2. The minimum atomic E-state index is -1.82. The smallest absolute Gasteiger partial charge is 0.338 e. The number of halogens is 1. The van der Waals surface area contributed by atoms with Gasteiger partial charge in [-0.05, 0) is 79.9 Å². The summed E-state index contributed by atoms with van der Waals surface area (Å²) in [4.78, 5) is 52.7. The molecular weight excluding hydrogens is 624 g/mol. The second-order valence-electron chi connectivity index (χ2n) is 13.3. The molecule has 6 rings (SSSR count). The van der Waals surface area contributed by atoms with E-state index >= 15 is 0 Å². The van der Waals surface area contributed by atoms with Gasteiger partial charge in [-0.3, -0.25) is 9.59 Å². The Bertz CT molecular complexity index is 1570. The lowest BCUT2D eigenvalue weighted by atomic mass is 9.46. The van der Waals surface area contributed by atoms with Crippen LogP contribution in [-0.4, -0.2) is 51.2 Å². The number of allylic oxidation sites excluding steroid dienone is 4. The number of esters is 2. The Kier molecular flexibility index (Phi) is 7.60. The summed E-state index contributed by atoms with van der Waals surface area (Å²) in [7, 11) is 0. The summed E-state index contributed by atoms with van der Waals surface area (Å²) >= 11 is 4.17. The van der Waals surface area contributed by atoms with E-state index in [2.05, 4.69) is 22.9 Å². The number of ketones is 2. The largest absolute Gasteiger partial charge is 0.457 e. The van der Waals surface area contributed by atoms with Crippen molar-refractivity contribution >= 4 is 39.4 Å². The molecule has 230 valence electrons. The molecule has 7 nitrogen and oxygen atoms in total. The van der Waals surface area contributed by atoms with Crippen LogP contribution in [0.4, 0.5) is 0 Å². The zero-order valence-corrected chi connectivity index (χ0v) is 26.7. The second-order valence-corrected chi connectivity index (χ2v) is 14.6. The van der Waals surface area contributed by atoms with Gasteiger partial charge in [0.1, 0.15) is 11.7 Å². The number of aliphatic hydroxyl groups is 1. The maximum absolute atomic E-state index is 14.0. The molecule has 0 radical (unpaired) electrons. The summed E-state index contributed by atoms with van der Waals surface area (Å²) in [6.07, 6.45) is 6.57. The highest BCUT2D eigenvalue weighted by Gasteiger charge is 2.75. The van der Waals surface area contributed by atoms with Gasteiger partial charge in [-0.1, -0.05) is 84.7 Å². The fraction of sp³-hybridized carbons (Fsp3) is 0.444. The number of Topliss-reactive ketones (excluding diaryl/α,β-unsaturated/α-hetero) is 1. The van der Waals surface area contributed by atoms with E-state index in [0.717, 1.165) is 5.57 Å². The minimum absolute atomic E-state index is 0.0648. The molecule has 4 aliphatic carbocycles. The van der Waals surface area contributed by atoms with Crippen LogP contribution in [-0.2, 0) is 19.1 Å². The van der Waals surface area contributed by atoms with Gasteiger partial charge in [-0.15, -0.1) is 0 Å². The van der Waals surface area contributed by atoms with Gasteiger partial charge in [-0.25, -0.2) is 9.59 Å². The van der Waals surface area contributed by atoms with Gasteiger partial charge in [0.15, 0.2) is 12.4 Å². The van der Waals surface area contributed by atoms with Crippen LogP contribution < -0.4 is 0 Å². The van der Waals surface area contributed by atoms with Crippen LogP contribution >= 0.6 is 15.9 Å². The van der Waals surface area contributed by atoms with E-state index in [1.54, 1.807) is 66.7 Å². The van der Waals surface area contributed by atoms with Crippen molar-refractivity contribution in [3.8, 4) is 0 Å². The molecule has 0 heterocycles. The predicted molar refractivity (Wildman–Crippen MR) is 167 cm³/mol. The van der Waals surface area contributed by atoms with Crippen LogP contribution in [0.2, 0.25) is 0 Å². The standard InChI is InChI=1S/C36H37BrO7/c1-22-18-28-27-15-14-25-19-26(38)16-17-33(25,2)35(27,37)30(44-32(41)24-12-8-5-9-13-24)20-34(28,3)36(22,42)29(39)21-43-31(40)23-10-6-4-7-11-23/h4-13,16-17,19,22,27-28,30,42H,14-15,18,20-21H2,1-3H3/t22?,27-,28-,30+,33-,34-,35-,36-/m0/s1. The molecule has 0 spiro atoms. The van der Waals surface area contributed by atoms with Crippen LogP contribution in [0.3, 0.4) is 0 Å². The van der Waals surface area contributed by atoms with Crippen molar-refractivity contribution in [2.75, 3.05) is 6.61 Å². The van der Waals surface area contributed by atoms with E-state index < -0.39 is 57.1 Å². The van der Waals surface area contributed by atoms with Crippen molar-refractivity contribution in [2.24, 2.45) is 28.6 Å². The Hall–Kier alpha value is -3.36. The lowest BCUT2D eigenvalue weighted by Crippen LogP contribution is -2.69. The fourth-order valence-electron chi connectivity index (χ4n) is 8.90. The molecule has 1 unspecified atom stereocenters. The molecule has 0 aromatic heterocycles. The van der Waals surface area contributed by atoms with Gasteiger partial charge in [-0.2, -0.15) is 0 Å². The van der Waals surface area contributed by atoms with Gasteiger partial charge < -0.3 is 14.6 Å². The highest BCUT2D eigenvalue weighted by molar-refractivity contribution is 9.10. The van der Waals surface area contributed by atoms with E-state index in [0.29, 0.717) is 30.4 Å².